The zero-order valence-corrected chi connectivity index (χ0v) is 11.9. The molecule has 0 aromatic heterocycles. The molecule has 3 rings (SSSR count). The number of nitrogens with two attached hydrogens (primary N) is 1. The monoisotopic (exact) mass is 273 g/mol. The van der Waals surface area contributed by atoms with Crippen molar-refractivity contribution in [2.24, 2.45) is 5.73 Å². The maximum atomic E-state index is 12.6. The standard InChI is InChI=1S/C16H23N3O/c17-14-8-10-19(12-14)16(20)15-7-4-9-18(15)11-13-5-2-1-3-6-13/h1-3,5-6,14-15H,4,7-12,17H2/t14-,15?/m1/s1. The lowest BCUT2D eigenvalue weighted by molar-refractivity contribution is -0.135. The average Bonchev–Trinajstić information content (AvgIpc) is 3.08. The molecule has 2 atom stereocenters. The van der Waals surface area contributed by atoms with Gasteiger partial charge in [-0.1, -0.05) is 30.3 Å². The van der Waals surface area contributed by atoms with Crippen LogP contribution in [-0.2, 0) is 11.3 Å². The second-order valence-electron chi connectivity index (χ2n) is 5.95. The zero-order chi connectivity index (χ0) is 13.9. The first kappa shape index (κ1) is 13.6. The van der Waals surface area contributed by atoms with Gasteiger partial charge in [-0.3, -0.25) is 9.69 Å². The molecular formula is C16H23N3O. The van der Waals surface area contributed by atoms with Crippen LogP contribution in [0.3, 0.4) is 0 Å². The summed E-state index contributed by atoms with van der Waals surface area (Å²) < 4.78 is 0. The topological polar surface area (TPSA) is 49.6 Å². The summed E-state index contributed by atoms with van der Waals surface area (Å²) in [5, 5.41) is 0. The van der Waals surface area contributed by atoms with E-state index in [1.165, 1.54) is 5.56 Å². The van der Waals surface area contributed by atoms with Crippen molar-refractivity contribution in [3.8, 4) is 0 Å². The average molecular weight is 273 g/mol. The molecule has 2 N–H and O–H groups in total. The lowest BCUT2D eigenvalue weighted by Gasteiger charge is -2.27. The summed E-state index contributed by atoms with van der Waals surface area (Å²) in [6, 6.07) is 10.6. The Morgan fingerprint density at radius 3 is 2.70 bits per heavy atom. The maximum Gasteiger partial charge on any atom is 0.239 e. The van der Waals surface area contributed by atoms with E-state index >= 15 is 0 Å². The molecular weight excluding hydrogens is 250 g/mol. The summed E-state index contributed by atoms with van der Waals surface area (Å²) >= 11 is 0. The number of amides is 1. The molecule has 0 spiro atoms. The molecule has 4 nitrogen and oxygen atoms in total. The Hall–Kier alpha value is -1.39. The second-order valence-corrected chi connectivity index (χ2v) is 5.95. The van der Waals surface area contributed by atoms with Gasteiger partial charge in [-0.05, 0) is 31.4 Å². The summed E-state index contributed by atoms with van der Waals surface area (Å²) in [4.78, 5) is 16.9. The van der Waals surface area contributed by atoms with E-state index in [9.17, 15) is 4.79 Å². The summed E-state index contributed by atoms with van der Waals surface area (Å²) in [6.07, 6.45) is 3.04. The van der Waals surface area contributed by atoms with Crippen LogP contribution >= 0.6 is 0 Å². The number of hydrogen-bond acceptors (Lipinski definition) is 3. The van der Waals surface area contributed by atoms with Crippen molar-refractivity contribution in [2.75, 3.05) is 19.6 Å². The minimum absolute atomic E-state index is 0.0560. The van der Waals surface area contributed by atoms with Crippen LogP contribution in [0.4, 0.5) is 0 Å². The predicted molar refractivity (Wildman–Crippen MR) is 79.0 cm³/mol. The van der Waals surface area contributed by atoms with E-state index in [1.807, 2.05) is 11.0 Å². The van der Waals surface area contributed by atoms with Crippen molar-refractivity contribution in [3.05, 3.63) is 35.9 Å². The van der Waals surface area contributed by atoms with Gasteiger partial charge in [-0.2, -0.15) is 0 Å². The Morgan fingerprint density at radius 2 is 2.00 bits per heavy atom. The van der Waals surface area contributed by atoms with E-state index in [4.69, 9.17) is 5.73 Å². The van der Waals surface area contributed by atoms with Crippen molar-refractivity contribution < 1.29 is 4.79 Å². The van der Waals surface area contributed by atoms with Gasteiger partial charge in [0.25, 0.3) is 0 Å². The van der Waals surface area contributed by atoms with Gasteiger partial charge < -0.3 is 10.6 Å². The highest BCUT2D eigenvalue weighted by molar-refractivity contribution is 5.82. The molecule has 4 heteroatoms. The van der Waals surface area contributed by atoms with Crippen LogP contribution in [0.1, 0.15) is 24.8 Å². The largest absolute Gasteiger partial charge is 0.340 e. The molecule has 1 aromatic carbocycles. The first-order valence-corrected chi connectivity index (χ1v) is 7.56. The highest BCUT2D eigenvalue weighted by Gasteiger charge is 2.35. The fourth-order valence-corrected chi connectivity index (χ4v) is 3.31. The SMILES string of the molecule is N[C@@H]1CCN(C(=O)C2CCCN2Cc2ccccc2)C1. The Labute approximate surface area is 120 Å². The Bertz CT molecular complexity index is 462. The Balaban J connectivity index is 1.65. The minimum atomic E-state index is 0.0560. The number of benzene rings is 1. The van der Waals surface area contributed by atoms with Crippen molar-refractivity contribution in [1.82, 2.24) is 9.80 Å². The van der Waals surface area contributed by atoms with Crippen molar-refractivity contribution in [3.63, 3.8) is 0 Å². The summed E-state index contributed by atoms with van der Waals surface area (Å²) in [5.74, 6) is 0.284. The number of carbonyl (C=O) groups is 1. The third-order valence-corrected chi connectivity index (χ3v) is 4.41. The zero-order valence-electron chi connectivity index (χ0n) is 11.9. The number of likely N-dealkylation sites (tertiary alicyclic amines) is 2. The predicted octanol–water partition coefficient (Wildman–Crippen LogP) is 1.21. The van der Waals surface area contributed by atoms with Crippen LogP contribution in [0.15, 0.2) is 30.3 Å². The van der Waals surface area contributed by atoms with Gasteiger partial charge in [0.05, 0.1) is 6.04 Å². The number of nitrogens with zero attached hydrogens (tertiary/aromatic N) is 2. The van der Waals surface area contributed by atoms with E-state index in [0.717, 1.165) is 45.4 Å². The molecule has 2 fully saturated rings. The van der Waals surface area contributed by atoms with Gasteiger partial charge in [0.1, 0.15) is 0 Å². The number of carbonyl (C=O) groups excluding carboxylic acids is 1. The highest BCUT2D eigenvalue weighted by Crippen LogP contribution is 2.23. The first-order valence-electron chi connectivity index (χ1n) is 7.56. The Morgan fingerprint density at radius 1 is 1.20 bits per heavy atom. The second kappa shape index (κ2) is 5.94. The molecule has 1 aromatic rings. The molecule has 0 bridgehead atoms. The summed E-state index contributed by atoms with van der Waals surface area (Å²) in [6.45, 7) is 3.45. The van der Waals surface area contributed by atoms with E-state index in [1.54, 1.807) is 0 Å². The van der Waals surface area contributed by atoms with Crippen LogP contribution in [-0.4, -0.2) is 47.4 Å². The molecule has 2 aliphatic heterocycles. The van der Waals surface area contributed by atoms with Gasteiger partial charge in [0.2, 0.25) is 5.91 Å². The van der Waals surface area contributed by atoms with E-state index in [2.05, 4.69) is 29.2 Å². The Kier molecular flexibility index (Phi) is 4.03. The van der Waals surface area contributed by atoms with Crippen LogP contribution in [0.5, 0.6) is 0 Å². The molecule has 0 saturated carbocycles. The third kappa shape index (κ3) is 2.86. The molecule has 0 aliphatic carbocycles. The van der Waals surface area contributed by atoms with Crippen LogP contribution < -0.4 is 5.73 Å². The fourth-order valence-electron chi connectivity index (χ4n) is 3.31. The van der Waals surface area contributed by atoms with Gasteiger partial charge in [0.15, 0.2) is 0 Å². The number of hydrogen-bond donors (Lipinski definition) is 1. The molecule has 1 unspecified atom stereocenters. The summed E-state index contributed by atoms with van der Waals surface area (Å²) in [5.41, 5.74) is 7.20. The molecule has 0 radical (unpaired) electrons. The van der Waals surface area contributed by atoms with Crippen molar-refractivity contribution in [1.29, 1.82) is 0 Å². The first-order chi connectivity index (χ1) is 9.74. The van der Waals surface area contributed by atoms with Gasteiger partial charge in [-0.25, -0.2) is 0 Å². The van der Waals surface area contributed by atoms with Crippen LogP contribution in [0, 0.1) is 0 Å². The minimum Gasteiger partial charge on any atom is -0.340 e. The van der Waals surface area contributed by atoms with Crippen molar-refractivity contribution in [2.45, 2.75) is 37.9 Å². The smallest absolute Gasteiger partial charge is 0.239 e. The van der Waals surface area contributed by atoms with Crippen LogP contribution in [0.25, 0.3) is 0 Å². The summed E-state index contributed by atoms with van der Waals surface area (Å²) in [7, 11) is 0. The highest BCUT2D eigenvalue weighted by atomic mass is 16.2. The fraction of sp³-hybridized carbons (Fsp3) is 0.562. The molecule has 1 amide bonds. The van der Waals surface area contributed by atoms with E-state index < -0.39 is 0 Å². The lowest BCUT2D eigenvalue weighted by Crippen LogP contribution is -2.45. The van der Waals surface area contributed by atoms with Gasteiger partial charge in [-0.15, -0.1) is 0 Å². The molecule has 2 heterocycles. The number of rotatable bonds is 3. The van der Waals surface area contributed by atoms with E-state index in [0.29, 0.717) is 0 Å². The van der Waals surface area contributed by atoms with Crippen molar-refractivity contribution >= 4 is 5.91 Å². The van der Waals surface area contributed by atoms with E-state index in [-0.39, 0.29) is 18.0 Å². The maximum absolute atomic E-state index is 12.6. The van der Waals surface area contributed by atoms with Crippen LogP contribution in [0.2, 0.25) is 0 Å². The molecule has 2 saturated heterocycles. The molecule has 20 heavy (non-hydrogen) atoms. The van der Waals surface area contributed by atoms with Gasteiger partial charge in [0, 0.05) is 25.7 Å². The molecule has 2 aliphatic rings. The molecule has 108 valence electrons. The quantitative estimate of drug-likeness (QED) is 0.900. The normalized spacial score (nSPS) is 27.1. The lowest BCUT2D eigenvalue weighted by atomic mass is 10.1. The third-order valence-electron chi connectivity index (χ3n) is 4.41. The van der Waals surface area contributed by atoms with Gasteiger partial charge >= 0.3 is 0 Å².